The highest BCUT2D eigenvalue weighted by molar-refractivity contribution is 7.80. The molecule has 2 fully saturated rings. The van der Waals surface area contributed by atoms with Crippen molar-refractivity contribution in [3.63, 3.8) is 0 Å². The SMILES string of the molecule is CNCCCc1nnc(C2CCC3CN2C(=O)N3OS(=O)(=O)O)o1. The van der Waals surface area contributed by atoms with E-state index in [0.717, 1.165) is 13.0 Å². The summed E-state index contributed by atoms with van der Waals surface area (Å²) in [6.45, 7) is 1.10. The number of carbonyl (C=O) groups excluding carboxylic acids is 1. The van der Waals surface area contributed by atoms with Crippen LogP contribution in [0.3, 0.4) is 0 Å². The van der Waals surface area contributed by atoms with Gasteiger partial charge < -0.3 is 14.6 Å². The molecule has 0 spiro atoms. The number of hydrogen-bond donors (Lipinski definition) is 2. The van der Waals surface area contributed by atoms with Crippen molar-refractivity contribution in [3.05, 3.63) is 11.8 Å². The summed E-state index contributed by atoms with van der Waals surface area (Å²) in [5.41, 5.74) is 0. The zero-order chi connectivity index (χ0) is 17.3. The first-order valence-electron chi connectivity index (χ1n) is 7.63. The highest BCUT2D eigenvalue weighted by atomic mass is 32.3. The molecule has 134 valence electrons. The van der Waals surface area contributed by atoms with E-state index in [1.165, 1.54) is 4.90 Å². The summed E-state index contributed by atoms with van der Waals surface area (Å²) in [7, 11) is -2.89. The van der Waals surface area contributed by atoms with E-state index in [2.05, 4.69) is 19.8 Å². The molecule has 0 radical (unpaired) electrons. The predicted molar refractivity (Wildman–Crippen MR) is 78.9 cm³/mol. The van der Waals surface area contributed by atoms with Gasteiger partial charge in [0.2, 0.25) is 11.8 Å². The molecule has 0 aliphatic carbocycles. The van der Waals surface area contributed by atoms with Gasteiger partial charge in [0.05, 0.1) is 6.04 Å². The molecule has 3 rings (SSSR count). The number of carbonyl (C=O) groups is 1. The monoisotopic (exact) mass is 361 g/mol. The van der Waals surface area contributed by atoms with E-state index < -0.39 is 28.5 Å². The summed E-state index contributed by atoms with van der Waals surface area (Å²) in [6.07, 6.45) is 2.53. The van der Waals surface area contributed by atoms with Crippen molar-refractivity contribution in [2.24, 2.45) is 0 Å². The van der Waals surface area contributed by atoms with E-state index in [1.807, 2.05) is 7.05 Å². The summed E-state index contributed by atoms with van der Waals surface area (Å²) in [5, 5.41) is 11.7. The van der Waals surface area contributed by atoms with Crippen molar-refractivity contribution in [2.45, 2.75) is 37.8 Å². The maximum atomic E-state index is 12.3. The second kappa shape index (κ2) is 6.63. The second-order valence-corrected chi connectivity index (χ2v) is 6.76. The maximum Gasteiger partial charge on any atom is 0.418 e. The van der Waals surface area contributed by atoms with Crippen molar-refractivity contribution in [3.8, 4) is 0 Å². The van der Waals surface area contributed by atoms with E-state index in [-0.39, 0.29) is 6.54 Å². The number of nitrogens with zero attached hydrogens (tertiary/aromatic N) is 4. The molecule has 11 nitrogen and oxygen atoms in total. The van der Waals surface area contributed by atoms with Crippen molar-refractivity contribution >= 4 is 16.4 Å². The third-order valence-corrected chi connectivity index (χ3v) is 4.43. The number of aromatic nitrogens is 2. The van der Waals surface area contributed by atoms with Crippen LogP contribution in [-0.2, 0) is 21.1 Å². The van der Waals surface area contributed by atoms with Crippen LogP contribution in [0.2, 0.25) is 0 Å². The Morgan fingerprint density at radius 1 is 1.42 bits per heavy atom. The van der Waals surface area contributed by atoms with Gasteiger partial charge in [0.25, 0.3) is 0 Å². The molecule has 2 bridgehead atoms. The van der Waals surface area contributed by atoms with E-state index >= 15 is 0 Å². The number of amides is 2. The van der Waals surface area contributed by atoms with Crippen LogP contribution in [0.1, 0.15) is 37.1 Å². The van der Waals surface area contributed by atoms with Crippen molar-refractivity contribution in [1.29, 1.82) is 0 Å². The van der Waals surface area contributed by atoms with Gasteiger partial charge >= 0.3 is 16.4 Å². The highest BCUT2D eigenvalue weighted by Gasteiger charge is 2.49. The summed E-state index contributed by atoms with van der Waals surface area (Å²) >= 11 is 0. The number of piperidine rings is 1. The fourth-order valence-corrected chi connectivity index (χ4v) is 3.40. The molecule has 24 heavy (non-hydrogen) atoms. The number of rotatable bonds is 7. The Morgan fingerprint density at radius 2 is 2.21 bits per heavy atom. The fourth-order valence-electron chi connectivity index (χ4n) is 3.01. The number of hydrogen-bond acceptors (Lipinski definition) is 8. The van der Waals surface area contributed by atoms with Gasteiger partial charge in [0, 0.05) is 13.0 Å². The van der Waals surface area contributed by atoms with Gasteiger partial charge in [-0.05, 0) is 32.9 Å². The van der Waals surface area contributed by atoms with Crippen LogP contribution in [0.15, 0.2) is 4.42 Å². The third kappa shape index (κ3) is 3.50. The summed E-state index contributed by atoms with van der Waals surface area (Å²) in [4.78, 5) is 13.7. The molecule has 3 heterocycles. The van der Waals surface area contributed by atoms with Gasteiger partial charge in [-0.1, -0.05) is 0 Å². The summed E-state index contributed by atoms with van der Waals surface area (Å²) in [5.74, 6) is 0.829. The standard InChI is InChI=1S/C12H19N5O6S/c1-13-6-2-3-10-14-15-11(22-10)9-5-4-8-7-16(9)12(18)17(8)23-24(19,20)21/h8-9,13H,2-7H2,1H3,(H,19,20,21). The van der Waals surface area contributed by atoms with E-state index in [9.17, 15) is 13.2 Å². The molecular weight excluding hydrogens is 342 g/mol. The van der Waals surface area contributed by atoms with Crippen LogP contribution in [0.5, 0.6) is 0 Å². The second-order valence-electron chi connectivity index (χ2n) is 5.75. The Hall–Kier alpha value is -1.76. The average molecular weight is 361 g/mol. The van der Waals surface area contributed by atoms with Crippen LogP contribution in [0.25, 0.3) is 0 Å². The topological polar surface area (TPSA) is 138 Å². The summed E-state index contributed by atoms with van der Waals surface area (Å²) < 4.78 is 40.6. The Labute approximate surface area is 138 Å². The molecule has 2 N–H and O–H groups in total. The van der Waals surface area contributed by atoms with Crippen molar-refractivity contribution in [1.82, 2.24) is 25.5 Å². The molecule has 1 aromatic rings. The van der Waals surface area contributed by atoms with Crippen molar-refractivity contribution < 1.29 is 26.5 Å². The molecule has 2 aliphatic rings. The predicted octanol–water partition coefficient (Wildman–Crippen LogP) is -0.103. The zero-order valence-electron chi connectivity index (χ0n) is 13.1. The van der Waals surface area contributed by atoms with Crippen LogP contribution in [0, 0.1) is 0 Å². The molecule has 2 unspecified atom stereocenters. The minimum absolute atomic E-state index is 0.274. The molecule has 0 aromatic carbocycles. The average Bonchev–Trinajstić information content (AvgIpc) is 3.07. The first-order valence-corrected chi connectivity index (χ1v) is 8.99. The van der Waals surface area contributed by atoms with Crippen LogP contribution in [-0.4, -0.2) is 65.3 Å². The number of aryl methyl sites for hydroxylation is 1. The Bertz CT molecular complexity index is 707. The van der Waals surface area contributed by atoms with Crippen LogP contribution < -0.4 is 5.32 Å². The Morgan fingerprint density at radius 3 is 2.92 bits per heavy atom. The van der Waals surface area contributed by atoms with E-state index in [0.29, 0.717) is 36.1 Å². The third-order valence-electron chi connectivity index (χ3n) is 4.08. The molecule has 2 amide bonds. The molecule has 0 saturated carbocycles. The van der Waals surface area contributed by atoms with Gasteiger partial charge in [-0.3, -0.25) is 4.55 Å². The molecular formula is C12H19N5O6S. The van der Waals surface area contributed by atoms with Crippen molar-refractivity contribution in [2.75, 3.05) is 20.1 Å². The zero-order valence-corrected chi connectivity index (χ0v) is 13.9. The lowest BCUT2D eigenvalue weighted by atomic mass is 10.0. The van der Waals surface area contributed by atoms with Gasteiger partial charge in [-0.15, -0.1) is 14.5 Å². The molecule has 1 aromatic heterocycles. The van der Waals surface area contributed by atoms with Crippen LogP contribution >= 0.6 is 0 Å². The van der Waals surface area contributed by atoms with E-state index in [4.69, 9.17) is 8.97 Å². The fraction of sp³-hybridized carbons (Fsp3) is 0.750. The van der Waals surface area contributed by atoms with Gasteiger partial charge in [-0.25, -0.2) is 4.79 Å². The molecule has 2 aliphatic heterocycles. The maximum absolute atomic E-state index is 12.3. The minimum atomic E-state index is -4.75. The first-order chi connectivity index (χ1) is 11.4. The normalized spacial score (nSPS) is 24.0. The lowest BCUT2D eigenvalue weighted by Gasteiger charge is -2.27. The molecule has 12 heteroatoms. The smallest absolute Gasteiger partial charge is 0.418 e. The minimum Gasteiger partial charge on any atom is -0.423 e. The first kappa shape index (κ1) is 17.1. The Kier molecular flexibility index (Phi) is 4.71. The Balaban J connectivity index is 1.70. The highest BCUT2D eigenvalue weighted by Crippen LogP contribution is 2.38. The number of urea groups is 1. The van der Waals surface area contributed by atoms with Crippen LogP contribution in [0.4, 0.5) is 4.79 Å². The molecule has 2 saturated heterocycles. The lowest BCUT2D eigenvalue weighted by molar-refractivity contribution is -0.0317. The summed E-state index contributed by atoms with van der Waals surface area (Å²) in [6, 6.07) is -1.50. The lowest BCUT2D eigenvalue weighted by Crippen LogP contribution is -2.35. The number of nitrogens with one attached hydrogen (secondary N) is 1. The number of fused-ring (bicyclic) bond motifs is 2. The van der Waals surface area contributed by atoms with Gasteiger partial charge in [-0.2, -0.15) is 13.5 Å². The van der Waals surface area contributed by atoms with Gasteiger partial charge in [0.15, 0.2) is 0 Å². The quantitative estimate of drug-likeness (QED) is 0.503. The largest absolute Gasteiger partial charge is 0.423 e. The number of hydroxylamine groups is 2. The van der Waals surface area contributed by atoms with Gasteiger partial charge in [0.1, 0.15) is 6.04 Å². The van der Waals surface area contributed by atoms with E-state index in [1.54, 1.807) is 0 Å². The molecule has 2 atom stereocenters.